The molecule has 0 radical (unpaired) electrons. The van der Waals surface area contributed by atoms with E-state index in [1.165, 1.54) is 4.57 Å². The number of phosphoric ester groups is 1. The number of nitrogens with one attached hydrogen (secondary N) is 1. The fourth-order valence-electron chi connectivity index (χ4n) is 3.50. The van der Waals surface area contributed by atoms with Gasteiger partial charge in [0.25, 0.3) is 5.56 Å². The lowest BCUT2D eigenvalue weighted by atomic mass is 10.1. The molecule has 5 atom stereocenters. The van der Waals surface area contributed by atoms with E-state index in [9.17, 15) is 19.4 Å². The molecule has 170 valence electrons. The highest BCUT2D eigenvalue weighted by Crippen LogP contribution is 2.53. The van der Waals surface area contributed by atoms with Crippen molar-refractivity contribution in [1.82, 2.24) is 19.5 Å². The van der Waals surface area contributed by atoms with Gasteiger partial charge in [0.15, 0.2) is 22.5 Å². The van der Waals surface area contributed by atoms with Crippen LogP contribution in [0.2, 0.25) is 10.0 Å². The summed E-state index contributed by atoms with van der Waals surface area (Å²) >= 11 is 13.6. The van der Waals surface area contributed by atoms with Crippen molar-refractivity contribution >= 4 is 59.9 Å². The highest BCUT2D eigenvalue weighted by molar-refractivity contribution is 7.99. The number of hydrogen-bond donors (Lipinski definition) is 4. The minimum Gasteiger partial charge on any atom is -0.386 e. The summed E-state index contributed by atoms with van der Waals surface area (Å²) in [6.07, 6.45) is -4.65. The number of nitrogens with zero attached hydrogens (tertiary/aromatic N) is 3. The number of aromatic nitrogens is 4. The molecule has 4 heterocycles. The molecule has 0 aliphatic carbocycles. The molecule has 2 aromatic heterocycles. The van der Waals surface area contributed by atoms with Crippen LogP contribution in [0, 0.1) is 0 Å². The number of ether oxygens (including phenoxy) is 1. The molecule has 0 spiro atoms. The van der Waals surface area contributed by atoms with Crippen LogP contribution in [0.3, 0.4) is 0 Å². The van der Waals surface area contributed by atoms with E-state index in [2.05, 4.69) is 15.0 Å². The van der Waals surface area contributed by atoms with Gasteiger partial charge in [0, 0.05) is 0 Å². The monoisotopic (exact) mass is 521 g/mol. The number of aromatic amines is 1. The van der Waals surface area contributed by atoms with Crippen molar-refractivity contribution in [3.05, 3.63) is 38.6 Å². The predicted octanol–water partition coefficient (Wildman–Crippen LogP) is 1.93. The van der Waals surface area contributed by atoms with Gasteiger partial charge in [-0.2, -0.15) is 4.98 Å². The molecule has 0 amide bonds. The van der Waals surface area contributed by atoms with E-state index in [0.29, 0.717) is 14.9 Å². The molecule has 1 aromatic carbocycles. The zero-order chi connectivity index (χ0) is 22.8. The third-order valence-corrected chi connectivity index (χ3v) is 7.82. The fourth-order valence-corrected chi connectivity index (χ4v) is 6.04. The molecule has 0 saturated carbocycles. The van der Waals surface area contributed by atoms with E-state index in [4.69, 9.17) is 42.7 Å². The minimum absolute atomic E-state index is 0.0210. The number of fused-ring (bicyclic) bond motifs is 2. The SMILES string of the molecule is Nc1nc2c(nc(Sc3c(Cl)cccc3Cl)n2[C@@H]2O[C@@H]3COP(=O)(O)O[C@H]3[C@H]2O)c(=O)[nH]1. The lowest BCUT2D eigenvalue weighted by molar-refractivity contribution is -0.0684. The van der Waals surface area contributed by atoms with Crippen LogP contribution in [0.5, 0.6) is 0 Å². The molecule has 5 N–H and O–H groups in total. The number of halogens is 2. The van der Waals surface area contributed by atoms with Gasteiger partial charge in [0.2, 0.25) is 5.95 Å². The summed E-state index contributed by atoms with van der Waals surface area (Å²) in [5.41, 5.74) is 5.06. The predicted molar refractivity (Wildman–Crippen MR) is 114 cm³/mol. The van der Waals surface area contributed by atoms with E-state index >= 15 is 0 Å². The summed E-state index contributed by atoms with van der Waals surface area (Å²) in [6, 6.07) is 4.93. The Kier molecular flexibility index (Phi) is 5.52. The molecule has 2 saturated heterocycles. The van der Waals surface area contributed by atoms with Gasteiger partial charge in [0.05, 0.1) is 21.5 Å². The van der Waals surface area contributed by atoms with Crippen molar-refractivity contribution in [3.63, 3.8) is 0 Å². The van der Waals surface area contributed by atoms with Crippen molar-refractivity contribution < 1.29 is 28.3 Å². The second-order valence-electron chi connectivity index (χ2n) is 6.93. The van der Waals surface area contributed by atoms with Crippen molar-refractivity contribution in [2.75, 3.05) is 12.3 Å². The normalized spacial score (nSPS) is 30.0. The average molecular weight is 522 g/mol. The van der Waals surface area contributed by atoms with Crippen molar-refractivity contribution in [2.24, 2.45) is 0 Å². The molecule has 32 heavy (non-hydrogen) atoms. The molecule has 16 heteroatoms. The first kappa shape index (κ1) is 22.1. The van der Waals surface area contributed by atoms with Crippen LogP contribution in [0.4, 0.5) is 5.95 Å². The van der Waals surface area contributed by atoms with Crippen molar-refractivity contribution in [1.29, 1.82) is 0 Å². The van der Waals surface area contributed by atoms with E-state index in [1.807, 2.05) is 0 Å². The second-order valence-corrected chi connectivity index (χ2v) is 10.1. The second kappa shape index (κ2) is 7.97. The molecule has 2 aliphatic heterocycles. The molecule has 5 rings (SSSR count). The van der Waals surface area contributed by atoms with Gasteiger partial charge in [0.1, 0.15) is 18.3 Å². The number of anilines is 1. The topological polar surface area (TPSA) is 175 Å². The molecular formula is C16H14Cl2N5O7PS. The summed E-state index contributed by atoms with van der Waals surface area (Å²) in [6.45, 7) is -0.284. The van der Waals surface area contributed by atoms with Gasteiger partial charge in [-0.3, -0.25) is 23.4 Å². The maximum Gasteiger partial charge on any atom is 0.472 e. The first-order valence-electron chi connectivity index (χ1n) is 9.03. The van der Waals surface area contributed by atoms with Crippen LogP contribution in [0.1, 0.15) is 6.23 Å². The molecule has 0 bridgehead atoms. The zero-order valence-electron chi connectivity index (χ0n) is 15.7. The number of phosphoric acid groups is 1. The van der Waals surface area contributed by atoms with Gasteiger partial charge in [-0.05, 0) is 23.9 Å². The summed E-state index contributed by atoms with van der Waals surface area (Å²) in [5.74, 6) is -0.180. The van der Waals surface area contributed by atoms with Crippen molar-refractivity contribution in [3.8, 4) is 0 Å². The third-order valence-electron chi connectivity index (χ3n) is 4.87. The molecule has 2 aliphatic rings. The number of nitrogens with two attached hydrogens (primary N) is 1. The molecule has 3 aromatic rings. The van der Waals surface area contributed by atoms with Crippen LogP contribution in [-0.2, 0) is 18.3 Å². The standard InChI is InChI=1S/C16H14Cl2N5O7PS/c17-5-2-1-3-6(18)11(5)32-16-20-8-12(21-15(19)22-13(8)25)23(16)14-9(24)10-7(29-14)4-28-31(26,27)30-10/h1-3,7,9-10,14,24H,4H2,(H,26,27)(H3,19,21,22,25)/t7-,9-,10-,14-/m1/s1. The van der Waals surface area contributed by atoms with Crippen LogP contribution < -0.4 is 11.3 Å². The van der Waals surface area contributed by atoms with Gasteiger partial charge < -0.3 is 20.5 Å². The van der Waals surface area contributed by atoms with Crippen LogP contribution in [0.15, 0.2) is 33.0 Å². The van der Waals surface area contributed by atoms with Gasteiger partial charge in [-0.25, -0.2) is 9.55 Å². The Balaban J connectivity index is 1.65. The minimum atomic E-state index is -4.34. The molecule has 1 unspecified atom stereocenters. The molecule has 2 fully saturated rings. The summed E-state index contributed by atoms with van der Waals surface area (Å²) in [5, 5.41) is 11.7. The van der Waals surface area contributed by atoms with Gasteiger partial charge in [-0.15, -0.1) is 0 Å². The summed E-state index contributed by atoms with van der Waals surface area (Å²) < 4.78 is 28.8. The number of imidazole rings is 1. The number of aliphatic hydroxyl groups is 1. The number of hydrogen-bond acceptors (Lipinski definition) is 10. The molecular weight excluding hydrogens is 508 g/mol. The largest absolute Gasteiger partial charge is 0.472 e. The van der Waals surface area contributed by atoms with E-state index < -0.39 is 37.9 Å². The maximum absolute atomic E-state index is 12.5. The average Bonchev–Trinajstić information content (AvgIpc) is 3.22. The number of aliphatic hydroxyl groups excluding tert-OH is 1. The Bertz CT molecular complexity index is 1320. The summed E-state index contributed by atoms with van der Waals surface area (Å²) in [7, 11) is -4.34. The lowest BCUT2D eigenvalue weighted by Gasteiger charge is -2.27. The number of benzene rings is 1. The van der Waals surface area contributed by atoms with E-state index in [1.54, 1.807) is 18.2 Å². The summed E-state index contributed by atoms with van der Waals surface area (Å²) in [4.78, 5) is 33.4. The quantitative estimate of drug-likeness (QED) is 0.370. The van der Waals surface area contributed by atoms with E-state index in [-0.39, 0.29) is 28.9 Å². The Morgan fingerprint density at radius 2 is 2.03 bits per heavy atom. The van der Waals surface area contributed by atoms with Crippen LogP contribution in [0.25, 0.3) is 11.2 Å². The van der Waals surface area contributed by atoms with Crippen LogP contribution in [-0.4, -0.2) is 54.4 Å². The lowest BCUT2D eigenvalue weighted by Crippen LogP contribution is -2.39. The van der Waals surface area contributed by atoms with Gasteiger partial charge >= 0.3 is 7.82 Å². The van der Waals surface area contributed by atoms with Crippen molar-refractivity contribution in [2.45, 2.75) is 34.6 Å². The first-order chi connectivity index (χ1) is 15.1. The van der Waals surface area contributed by atoms with E-state index in [0.717, 1.165) is 11.8 Å². The number of nitrogen functional groups attached to an aromatic ring is 1. The van der Waals surface area contributed by atoms with Gasteiger partial charge in [-0.1, -0.05) is 29.3 Å². The Labute approximate surface area is 193 Å². The first-order valence-corrected chi connectivity index (χ1v) is 12.1. The Morgan fingerprint density at radius 1 is 1.31 bits per heavy atom. The third kappa shape index (κ3) is 3.73. The van der Waals surface area contributed by atoms with Crippen LogP contribution >= 0.6 is 42.8 Å². The smallest absolute Gasteiger partial charge is 0.386 e. The zero-order valence-corrected chi connectivity index (χ0v) is 18.9. The maximum atomic E-state index is 12.5. The number of rotatable bonds is 3. The number of H-pyrrole nitrogens is 1. The Hall–Kier alpha value is -1.67. The highest BCUT2D eigenvalue weighted by atomic mass is 35.5. The Morgan fingerprint density at radius 3 is 2.75 bits per heavy atom. The highest BCUT2D eigenvalue weighted by Gasteiger charge is 2.53. The fraction of sp³-hybridized carbons (Fsp3) is 0.312. The molecule has 12 nitrogen and oxygen atoms in total.